The molecule has 0 atom stereocenters. The maximum atomic E-state index is 10.1. The van der Waals surface area contributed by atoms with Crippen molar-refractivity contribution in [3.63, 3.8) is 0 Å². The summed E-state index contributed by atoms with van der Waals surface area (Å²) in [6.07, 6.45) is 10.2. The van der Waals surface area contributed by atoms with Crippen molar-refractivity contribution in [2.24, 2.45) is 5.92 Å². The topological polar surface area (TPSA) is 111 Å². The van der Waals surface area contributed by atoms with Crippen LogP contribution in [0.25, 0.3) is 0 Å². The van der Waals surface area contributed by atoms with Gasteiger partial charge in [0, 0.05) is 31.6 Å². The Balaban J connectivity index is 0.000000596. The van der Waals surface area contributed by atoms with Gasteiger partial charge < -0.3 is 10.0 Å². The monoisotopic (exact) mass is 371 g/mol. The van der Waals surface area contributed by atoms with Crippen LogP contribution in [0, 0.1) is 16.7 Å². The highest BCUT2D eigenvalue weighted by Crippen LogP contribution is 2.22. The number of rotatable bonds is 4. The average Bonchev–Trinajstić information content (AvgIpc) is 3.32. The number of hydrogen-bond donors (Lipinski definition) is 5. The molecule has 1 aromatic rings. The molecule has 0 unspecified atom stereocenters. The van der Waals surface area contributed by atoms with Crippen LogP contribution >= 0.6 is 0 Å². The number of nitrogens with one attached hydrogen (secondary N) is 4. The molecule has 0 spiro atoms. The Kier molecular flexibility index (Phi) is 7.22. The van der Waals surface area contributed by atoms with Gasteiger partial charge in [0.05, 0.1) is 11.9 Å². The van der Waals surface area contributed by atoms with Crippen LogP contribution < -0.4 is 16.0 Å². The van der Waals surface area contributed by atoms with Crippen LogP contribution in [0.5, 0.6) is 5.75 Å². The van der Waals surface area contributed by atoms with E-state index in [2.05, 4.69) is 36.6 Å². The first-order chi connectivity index (χ1) is 12.9. The lowest BCUT2D eigenvalue weighted by Gasteiger charge is -2.18. The van der Waals surface area contributed by atoms with E-state index in [0.29, 0.717) is 11.5 Å². The first kappa shape index (κ1) is 20.3. The van der Waals surface area contributed by atoms with E-state index < -0.39 is 0 Å². The van der Waals surface area contributed by atoms with Crippen molar-refractivity contribution in [3.8, 4) is 5.75 Å². The molecule has 0 radical (unpaired) electrons. The summed E-state index contributed by atoms with van der Waals surface area (Å²) in [5, 5.41) is 27.7. The highest BCUT2D eigenvalue weighted by atomic mass is 16.3. The van der Waals surface area contributed by atoms with Crippen LogP contribution in [-0.4, -0.2) is 39.6 Å². The van der Waals surface area contributed by atoms with E-state index in [1.54, 1.807) is 29.8 Å². The SMILES string of the molecule is CC(C)C.N=C(/C=C\C(=N)N1CCCC1)c1ncc(N2NC=CN2)cc1O. The Morgan fingerprint density at radius 2 is 1.74 bits per heavy atom. The Labute approximate surface area is 160 Å². The molecule has 2 aliphatic rings. The van der Waals surface area contributed by atoms with E-state index in [-0.39, 0.29) is 17.2 Å². The molecule has 0 aromatic carbocycles. The van der Waals surface area contributed by atoms with Crippen LogP contribution in [-0.2, 0) is 0 Å². The van der Waals surface area contributed by atoms with E-state index >= 15 is 0 Å². The van der Waals surface area contributed by atoms with Crippen LogP contribution in [0.3, 0.4) is 0 Å². The number of hydrogen-bond acceptors (Lipinski definition) is 7. The number of aromatic nitrogens is 1. The van der Waals surface area contributed by atoms with Crippen LogP contribution in [0.2, 0.25) is 0 Å². The molecule has 1 aromatic heterocycles. The Bertz CT molecular complexity index is 710. The minimum absolute atomic E-state index is 0.0680. The molecular weight excluding hydrogens is 342 g/mol. The summed E-state index contributed by atoms with van der Waals surface area (Å²) < 4.78 is 0. The first-order valence-corrected chi connectivity index (χ1v) is 9.15. The largest absolute Gasteiger partial charge is 0.506 e. The van der Waals surface area contributed by atoms with Crippen molar-refractivity contribution in [3.05, 3.63) is 42.5 Å². The van der Waals surface area contributed by atoms with Crippen LogP contribution in [0.4, 0.5) is 5.69 Å². The second-order valence-electron chi connectivity index (χ2n) is 7.05. The third kappa shape index (κ3) is 6.02. The second kappa shape index (κ2) is 9.61. The fourth-order valence-electron chi connectivity index (χ4n) is 2.49. The van der Waals surface area contributed by atoms with Crippen molar-refractivity contribution >= 4 is 17.2 Å². The van der Waals surface area contributed by atoms with Crippen LogP contribution in [0.1, 0.15) is 39.3 Å². The summed E-state index contributed by atoms with van der Waals surface area (Å²) in [5.41, 5.74) is 6.70. The number of pyridine rings is 1. The number of aromatic hydroxyl groups is 1. The number of amidine groups is 1. The minimum atomic E-state index is -0.0830. The molecule has 1 fully saturated rings. The lowest BCUT2D eigenvalue weighted by atomic mass is 10.2. The van der Waals surface area contributed by atoms with Crippen molar-refractivity contribution in [1.82, 2.24) is 20.7 Å². The van der Waals surface area contributed by atoms with E-state index in [4.69, 9.17) is 10.8 Å². The van der Waals surface area contributed by atoms with Crippen molar-refractivity contribution in [2.45, 2.75) is 33.6 Å². The third-order valence-corrected chi connectivity index (χ3v) is 3.71. The molecule has 27 heavy (non-hydrogen) atoms. The standard InChI is InChI=1S/C15H19N7O.C4H10/c16-12(3-4-14(17)21-7-1-2-8-21)15-13(23)9-11(10-18-15)22-19-5-6-20-22;1-4(2)3/h3-6,9-10,16-17,19-20,23H,1-2,7-8H2;4H,1-3H3/b4-3-,16-12?,17-14?;. The molecule has 8 nitrogen and oxygen atoms in total. The van der Waals surface area contributed by atoms with Gasteiger partial charge in [0.2, 0.25) is 0 Å². The molecule has 5 N–H and O–H groups in total. The fraction of sp³-hybridized carbons (Fsp3) is 0.421. The molecule has 146 valence electrons. The fourth-order valence-corrected chi connectivity index (χ4v) is 2.49. The average molecular weight is 371 g/mol. The van der Waals surface area contributed by atoms with Crippen molar-refractivity contribution in [2.75, 3.05) is 18.2 Å². The van der Waals surface area contributed by atoms with Crippen molar-refractivity contribution in [1.29, 1.82) is 10.8 Å². The zero-order chi connectivity index (χ0) is 19.8. The highest BCUT2D eigenvalue weighted by Gasteiger charge is 2.15. The third-order valence-electron chi connectivity index (χ3n) is 3.71. The molecule has 8 heteroatoms. The molecular formula is C19H29N7O. The lowest BCUT2D eigenvalue weighted by Crippen LogP contribution is -2.37. The molecule has 0 aliphatic carbocycles. The number of anilines is 1. The molecule has 0 bridgehead atoms. The smallest absolute Gasteiger partial charge is 0.145 e. The maximum Gasteiger partial charge on any atom is 0.145 e. The van der Waals surface area contributed by atoms with Gasteiger partial charge >= 0.3 is 0 Å². The van der Waals surface area contributed by atoms with E-state index in [1.165, 1.54) is 12.1 Å². The Hall–Kier alpha value is -3.03. The van der Waals surface area contributed by atoms with Gasteiger partial charge in [-0.15, -0.1) is 0 Å². The quantitative estimate of drug-likeness (QED) is 0.411. The number of allylic oxidation sites excluding steroid dienone is 1. The lowest BCUT2D eigenvalue weighted by molar-refractivity contribution is 0.471. The van der Waals surface area contributed by atoms with Gasteiger partial charge in [-0.3, -0.25) is 21.7 Å². The summed E-state index contributed by atoms with van der Waals surface area (Å²) in [6, 6.07) is 1.52. The summed E-state index contributed by atoms with van der Waals surface area (Å²) in [5.74, 6) is 1.14. The van der Waals surface area contributed by atoms with Crippen molar-refractivity contribution < 1.29 is 5.11 Å². The summed E-state index contributed by atoms with van der Waals surface area (Å²) >= 11 is 0. The molecule has 0 saturated carbocycles. The molecule has 1 saturated heterocycles. The predicted molar refractivity (Wildman–Crippen MR) is 109 cm³/mol. The molecule has 2 aliphatic heterocycles. The number of hydrazine groups is 2. The number of nitrogens with zero attached hydrogens (tertiary/aromatic N) is 3. The van der Waals surface area contributed by atoms with E-state index in [0.717, 1.165) is 31.8 Å². The van der Waals surface area contributed by atoms with Gasteiger partial charge in [-0.1, -0.05) is 20.8 Å². The molecule has 0 amide bonds. The van der Waals surface area contributed by atoms with Gasteiger partial charge in [0.25, 0.3) is 0 Å². The van der Waals surface area contributed by atoms with Gasteiger partial charge in [0.1, 0.15) is 23.0 Å². The Morgan fingerprint density at radius 3 is 2.30 bits per heavy atom. The first-order valence-electron chi connectivity index (χ1n) is 9.15. The van der Waals surface area contributed by atoms with Gasteiger partial charge in [-0.05, 0) is 30.9 Å². The summed E-state index contributed by atoms with van der Waals surface area (Å²) in [6.45, 7) is 8.27. The Morgan fingerprint density at radius 1 is 1.15 bits per heavy atom. The van der Waals surface area contributed by atoms with Gasteiger partial charge in [-0.2, -0.15) is 5.12 Å². The van der Waals surface area contributed by atoms with Gasteiger partial charge in [0.15, 0.2) is 0 Å². The van der Waals surface area contributed by atoms with E-state index in [1.807, 2.05) is 4.90 Å². The zero-order valence-corrected chi connectivity index (χ0v) is 16.2. The number of likely N-dealkylation sites (tertiary alicyclic amines) is 1. The maximum absolute atomic E-state index is 10.1. The minimum Gasteiger partial charge on any atom is -0.506 e. The molecule has 3 rings (SSSR count). The summed E-state index contributed by atoms with van der Waals surface area (Å²) in [4.78, 5) is 6.11. The normalized spacial score (nSPS) is 15.6. The van der Waals surface area contributed by atoms with E-state index in [9.17, 15) is 5.11 Å². The second-order valence-corrected chi connectivity index (χ2v) is 7.05. The highest BCUT2D eigenvalue weighted by molar-refractivity contribution is 6.10. The summed E-state index contributed by atoms with van der Waals surface area (Å²) in [7, 11) is 0. The predicted octanol–water partition coefficient (Wildman–Crippen LogP) is 2.75. The van der Waals surface area contributed by atoms with Gasteiger partial charge in [-0.25, -0.2) is 4.98 Å². The zero-order valence-electron chi connectivity index (χ0n) is 16.2. The molecule has 3 heterocycles. The van der Waals surface area contributed by atoms with Crippen LogP contribution in [0.15, 0.2) is 36.8 Å².